The monoisotopic (exact) mass is 236 g/mol. The van der Waals surface area contributed by atoms with Gasteiger partial charge in [-0.15, -0.1) is 0 Å². The molecule has 5 heteroatoms. The lowest BCUT2D eigenvalue weighted by Crippen LogP contribution is -2.35. The summed E-state index contributed by atoms with van der Waals surface area (Å²) < 4.78 is 4.82. The molecule has 0 aliphatic rings. The molecule has 17 heavy (non-hydrogen) atoms. The number of hydrogen-bond acceptors (Lipinski definition) is 4. The number of ether oxygens (including phenoxy) is 1. The molecule has 1 heterocycles. The quantitative estimate of drug-likeness (QED) is 0.779. The van der Waals surface area contributed by atoms with Gasteiger partial charge in [-0.05, 0) is 25.5 Å². The highest BCUT2D eigenvalue weighted by molar-refractivity contribution is 5.89. The molecule has 0 fully saturated rings. The van der Waals surface area contributed by atoms with Crippen molar-refractivity contribution in [3.05, 3.63) is 30.1 Å². The third-order valence-corrected chi connectivity index (χ3v) is 2.23. The van der Waals surface area contributed by atoms with Crippen molar-refractivity contribution in [3.8, 4) is 0 Å². The Kier molecular flexibility index (Phi) is 5.13. The van der Waals surface area contributed by atoms with Crippen LogP contribution in [0.25, 0.3) is 0 Å². The Hall–Kier alpha value is -1.91. The van der Waals surface area contributed by atoms with E-state index in [2.05, 4.69) is 10.3 Å². The summed E-state index contributed by atoms with van der Waals surface area (Å²) in [6.07, 6.45) is 2.33. The van der Waals surface area contributed by atoms with Crippen molar-refractivity contribution in [2.45, 2.75) is 26.3 Å². The predicted molar refractivity (Wildman–Crippen MR) is 62.4 cm³/mol. The maximum atomic E-state index is 11.4. The summed E-state index contributed by atoms with van der Waals surface area (Å²) in [5.41, 5.74) is 0.198. The maximum Gasteiger partial charge on any atom is 0.357 e. The molecule has 0 spiro atoms. The molecule has 0 radical (unpaired) electrons. The van der Waals surface area contributed by atoms with Crippen LogP contribution in [0.4, 0.5) is 0 Å². The van der Waals surface area contributed by atoms with E-state index in [1.54, 1.807) is 12.1 Å². The van der Waals surface area contributed by atoms with E-state index in [9.17, 15) is 9.59 Å². The molecular weight excluding hydrogens is 220 g/mol. The molecule has 1 atom stereocenters. The first-order valence-corrected chi connectivity index (χ1v) is 5.51. The Balaban J connectivity index is 2.36. The zero-order chi connectivity index (χ0) is 12.7. The van der Waals surface area contributed by atoms with E-state index in [0.717, 1.165) is 6.42 Å². The Morgan fingerprint density at radius 3 is 2.82 bits per heavy atom. The van der Waals surface area contributed by atoms with E-state index in [1.807, 2.05) is 13.8 Å². The van der Waals surface area contributed by atoms with Gasteiger partial charge < -0.3 is 10.1 Å². The molecule has 0 aliphatic carbocycles. The molecular formula is C12H16N2O3. The summed E-state index contributed by atoms with van der Waals surface area (Å²) in [5, 5.41) is 2.70. The van der Waals surface area contributed by atoms with Crippen LogP contribution in [-0.4, -0.2) is 29.5 Å². The van der Waals surface area contributed by atoms with Gasteiger partial charge in [-0.2, -0.15) is 0 Å². The second-order valence-corrected chi connectivity index (χ2v) is 3.67. The number of pyridine rings is 1. The minimum atomic E-state index is -0.593. The normalized spacial score (nSPS) is 11.6. The van der Waals surface area contributed by atoms with E-state index in [-0.39, 0.29) is 24.2 Å². The van der Waals surface area contributed by atoms with Gasteiger partial charge in [0, 0.05) is 12.2 Å². The number of rotatable bonds is 5. The first-order chi connectivity index (χ1) is 8.13. The summed E-state index contributed by atoms with van der Waals surface area (Å²) in [6.45, 7) is 3.57. The number of aromatic nitrogens is 1. The second-order valence-electron chi connectivity index (χ2n) is 3.67. The number of carbonyl (C=O) groups is 2. The zero-order valence-electron chi connectivity index (χ0n) is 9.97. The highest BCUT2D eigenvalue weighted by atomic mass is 16.5. The Labute approximate surface area is 100 Å². The summed E-state index contributed by atoms with van der Waals surface area (Å²) >= 11 is 0. The molecule has 92 valence electrons. The Morgan fingerprint density at radius 1 is 1.47 bits per heavy atom. The number of amides is 1. The van der Waals surface area contributed by atoms with E-state index < -0.39 is 5.97 Å². The second kappa shape index (κ2) is 6.62. The van der Waals surface area contributed by atoms with Gasteiger partial charge in [0.25, 0.3) is 5.91 Å². The van der Waals surface area contributed by atoms with Crippen molar-refractivity contribution in [1.29, 1.82) is 0 Å². The maximum absolute atomic E-state index is 11.4. The van der Waals surface area contributed by atoms with Crippen LogP contribution in [0.2, 0.25) is 0 Å². The molecule has 1 unspecified atom stereocenters. The lowest BCUT2D eigenvalue weighted by Gasteiger charge is -2.11. The molecule has 1 amide bonds. The number of esters is 1. The fraction of sp³-hybridized carbons (Fsp3) is 0.417. The summed E-state index contributed by atoms with van der Waals surface area (Å²) in [7, 11) is 0. The van der Waals surface area contributed by atoms with Crippen molar-refractivity contribution in [2.75, 3.05) is 6.61 Å². The molecule has 1 aromatic heterocycles. The number of hydrogen-bond donors (Lipinski definition) is 1. The van der Waals surface area contributed by atoms with Crippen molar-refractivity contribution in [3.63, 3.8) is 0 Å². The Morgan fingerprint density at radius 2 is 2.24 bits per heavy atom. The van der Waals surface area contributed by atoms with E-state index in [0.29, 0.717) is 0 Å². The van der Waals surface area contributed by atoms with Gasteiger partial charge in [0.2, 0.25) is 0 Å². The standard InChI is InChI=1S/C12H16N2O3/c1-3-9(2)14-11(15)8-17-12(16)10-6-4-5-7-13-10/h4-7,9H,3,8H2,1-2H3,(H,14,15). The van der Waals surface area contributed by atoms with E-state index >= 15 is 0 Å². The molecule has 1 aromatic rings. The van der Waals surface area contributed by atoms with Gasteiger partial charge in [0.15, 0.2) is 6.61 Å². The molecule has 1 rings (SSSR count). The van der Waals surface area contributed by atoms with Gasteiger partial charge in [-0.3, -0.25) is 4.79 Å². The molecule has 0 aliphatic heterocycles. The van der Waals surface area contributed by atoms with E-state index in [4.69, 9.17) is 4.74 Å². The highest BCUT2D eigenvalue weighted by Crippen LogP contribution is 1.96. The third kappa shape index (κ3) is 4.63. The van der Waals surface area contributed by atoms with Crippen LogP contribution in [0, 0.1) is 0 Å². The largest absolute Gasteiger partial charge is 0.451 e. The van der Waals surface area contributed by atoms with Crippen LogP contribution in [0.3, 0.4) is 0 Å². The molecule has 0 bridgehead atoms. The number of nitrogens with one attached hydrogen (secondary N) is 1. The number of carbonyl (C=O) groups excluding carboxylic acids is 2. The van der Waals surface area contributed by atoms with Crippen LogP contribution in [-0.2, 0) is 9.53 Å². The lowest BCUT2D eigenvalue weighted by molar-refractivity contribution is -0.124. The van der Waals surface area contributed by atoms with Crippen molar-refractivity contribution in [1.82, 2.24) is 10.3 Å². The van der Waals surface area contributed by atoms with Gasteiger partial charge >= 0.3 is 5.97 Å². The lowest BCUT2D eigenvalue weighted by atomic mass is 10.2. The fourth-order valence-electron chi connectivity index (χ4n) is 1.11. The molecule has 1 N–H and O–H groups in total. The molecule has 5 nitrogen and oxygen atoms in total. The van der Waals surface area contributed by atoms with Gasteiger partial charge in [-0.1, -0.05) is 13.0 Å². The summed E-state index contributed by atoms with van der Waals surface area (Å²) in [6, 6.07) is 5.00. The van der Waals surface area contributed by atoms with Crippen LogP contribution in [0.1, 0.15) is 30.8 Å². The van der Waals surface area contributed by atoms with Crippen molar-refractivity contribution < 1.29 is 14.3 Å². The van der Waals surface area contributed by atoms with Crippen LogP contribution < -0.4 is 5.32 Å². The van der Waals surface area contributed by atoms with Crippen LogP contribution in [0.15, 0.2) is 24.4 Å². The predicted octanol–water partition coefficient (Wildman–Crippen LogP) is 1.15. The summed E-state index contributed by atoms with van der Waals surface area (Å²) in [5.74, 6) is -0.895. The molecule has 0 saturated heterocycles. The zero-order valence-corrected chi connectivity index (χ0v) is 9.97. The minimum Gasteiger partial charge on any atom is -0.451 e. The number of nitrogens with zero attached hydrogens (tertiary/aromatic N) is 1. The van der Waals surface area contributed by atoms with Gasteiger partial charge in [-0.25, -0.2) is 9.78 Å². The molecule has 0 aromatic carbocycles. The first-order valence-electron chi connectivity index (χ1n) is 5.51. The minimum absolute atomic E-state index is 0.0797. The summed E-state index contributed by atoms with van der Waals surface area (Å²) in [4.78, 5) is 26.6. The molecule has 0 saturated carbocycles. The third-order valence-electron chi connectivity index (χ3n) is 2.23. The van der Waals surface area contributed by atoms with Gasteiger partial charge in [0.1, 0.15) is 5.69 Å². The smallest absolute Gasteiger partial charge is 0.357 e. The topological polar surface area (TPSA) is 68.3 Å². The van der Waals surface area contributed by atoms with Crippen LogP contribution >= 0.6 is 0 Å². The average Bonchev–Trinajstić information content (AvgIpc) is 2.36. The SMILES string of the molecule is CCC(C)NC(=O)COC(=O)c1ccccn1. The Bertz CT molecular complexity index is 379. The average molecular weight is 236 g/mol. The highest BCUT2D eigenvalue weighted by Gasteiger charge is 2.11. The first kappa shape index (κ1) is 13.2. The van der Waals surface area contributed by atoms with Crippen LogP contribution in [0.5, 0.6) is 0 Å². The van der Waals surface area contributed by atoms with Crippen molar-refractivity contribution in [2.24, 2.45) is 0 Å². The van der Waals surface area contributed by atoms with Gasteiger partial charge in [0.05, 0.1) is 0 Å². The fourth-order valence-corrected chi connectivity index (χ4v) is 1.11. The van der Waals surface area contributed by atoms with Crippen molar-refractivity contribution >= 4 is 11.9 Å². The van der Waals surface area contributed by atoms with E-state index in [1.165, 1.54) is 12.3 Å².